The maximum Gasteiger partial charge on any atom is 0.472 e. The zero-order chi connectivity index (χ0) is 83.4. The normalized spacial score (nSPS) is 13.7. The van der Waals surface area contributed by atoms with Gasteiger partial charge in [-0.3, -0.25) is 37.3 Å². The number of aliphatic hydroxyl groups excluding tert-OH is 1. The minimum absolute atomic E-state index is 0.108. The zero-order valence-electron chi connectivity index (χ0n) is 75.4. The molecule has 0 bridgehead atoms. The largest absolute Gasteiger partial charge is 0.472 e. The summed E-state index contributed by atoms with van der Waals surface area (Å²) in [4.78, 5) is 73.5. The minimum Gasteiger partial charge on any atom is -0.462 e. The number of hydrogen-bond acceptors (Lipinski definition) is 15. The van der Waals surface area contributed by atoms with Gasteiger partial charge in [-0.25, -0.2) is 9.13 Å². The van der Waals surface area contributed by atoms with Crippen LogP contribution in [-0.2, 0) is 65.4 Å². The molecule has 2 unspecified atom stereocenters. The van der Waals surface area contributed by atoms with Crippen molar-refractivity contribution < 1.29 is 80.2 Å². The van der Waals surface area contributed by atoms with Crippen LogP contribution in [0.25, 0.3) is 0 Å². The first-order chi connectivity index (χ1) is 55.4. The highest BCUT2D eigenvalue weighted by Gasteiger charge is 2.31. The van der Waals surface area contributed by atoms with E-state index in [1.807, 2.05) is 0 Å². The van der Waals surface area contributed by atoms with Gasteiger partial charge in [-0.1, -0.05) is 465 Å². The number of carbonyl (C=O) groups excluding carboxylic acids is 4. The van der Waals surface area contributed by atoms with Gasteiger partial charge in [-0.05, 0) is 37.5 Å². The Kier molecular flexibility index (Phi) is 84.6. The smallest absolute Gasteiger partial charge is 0.462 e. The van der Waals surface area contributed by atoms with Gasteiger partial charge in [-0.15, -0.1) is 0 Å². The number of carbonyl (C=O) groups is 4. The lowest BCUT2D eigenvalue weighted by Crippen LogP contribution is -2.30. The van der Waals surface area contributed by atoms with Crippen LogP contribution in [0.1, 0.15) is 517 Å². The predicted octanol–water partition coefficient (Wildman–Crippen LogP) is 29.7. The van der Waals surface area contributed by atoms with E-state index in [4.69, 9.17) is 37.0 Å². The van der Waals surface area contributed by atoms with Crippen molar-refractivity contribution in [1.29, 1.82) is 0 Å². The highest BCUT2D eigenvalue weighted by molar-refractivity contribution is 7.47. The summed E-state index contributed by atoms with van der Waals surface area (Å²) in [5.74, 6) is -0.559. The maximum absolute atomic E-state index is 13.2. The Morgan fingerprint density at radius 1 is 0.237 bits per heavy atom. The van der Waals surface area contributed by atoms with E-state index < -0.39 is 97.5 Å². The molecule has 114 heavy (non-hydrogen) atoms. The number of rotatable bonds is 94. The molecule has 17 nitrogen and oxygen atoms in total. The molecule has 0 aromatic carbocycles. The summed E-state index contributed by atoms with van der Waals surface area (Å²) < 4.78 is 69.2. The van der Waals surface area contributed by atoms with E-state index in [0.29, 0.717) is 25.7 Å². The molecule has 0 radical (unpaired) electrons. The Hall–Kier alpha value is -1.94. The fourth-order valence-corrected chi connectivity index (χ4v) is 16.6. The van der Waals surface area contributed by atoms with Crippen LogP contribution >= 0.6 is 15.6 Å². The number of ether oxygens (including phenoxy) is 4. The van der Waals surface area contributed by atoms with Crippen molar-refractivity contribution in [2.75, 3.05) is 39.6 Å². The molecule has 3 N–H and O–H groups in total. The first kappa shape index (κ1) is 112. The molecule has 0 heterocycles. The third-order valence-electron chi connectivity index (χ3n) is 22.5. The molecule has 0 saturated carbocycles. The first-order valence-corrected chi connectivity index (χ1v) is 52.0. The van der Waals surface area contributed by atoms with E-state index in [-0.39, 0.29) is 25.7 Å². The summed E-state index contributed by atoms with van der Waals surface area (Å²) >= 11 is 0. The molecule has 0 spiro atoms. The number of phosphoric ester groups is 2. The van der Waals surface area contributed by atoms with Crippen LogP contribution in [0.2, 0.25) is 0 Å². The Morgan fingerprint density at radius 2 is 0.404 bits per heavy atom. The summed E-state index contributed by atoms with van der Waals surface area (Å²) in [5, 5.41) is 10.7. The summed E-state index contributed by atoms with van der Waals surface area (Å²) in [6.45, 7) is 9.71. The molecule has 0 aliphatic rings. The van der Waals surface area contributed by atoms with Crippen molar-refractivity contribution >= 4 is 39.5 Å². The van der Waals surface area contributed by atoms with Crippen LogP contribution in [0.5, 0.6) is 0 Å². The van der Waals surface area contributed by atoms with E-state index in [2.05, 4.69) is 41.5 Å². The van der Waals surface area contributed by atoms with E-state index in [1.165, 1.54) is 334 Å². The van der Waals surface area contributed by atoms with Crippen LogP contribution in [0.3, 0.4) is 0 Å². The monoisotopic (exact) mass is 1660 g/mol. The lowest BCUT2D eigenvalue weighted by atomic mass is 10.0. The molecule has 19 heteroatoms. The van der Waals surface area contributed by atoms with E-state index in [1.54, 1.807) is 0 Å². The second-order valence-electron chi connectivity index (χ2n) is 35.1. The summed E-state index contributed by atoms with van der Waals surface area (Å²) in [6, 6.07) is 0. The third-order valence-corrected chi connectivity index (χ3v) is 24.4. The first-order valence-electron chi connectivity index (χ1n) is 49.0. The zero-order valence-corrected chi connectivity index (χ0v) is 77.2. The molecule has 0 aromatic rings. The van der Waals surface area contributed by atoms with Gasteiger partial charge in [0.25, 0.3) is 0 Å². The highest BCUT2D eigenvalue weighted by atomic mass is 31.2. The SMILES string of the molecule is CCCCCCCCCCCCCCCCCCCCCCCCC(=O)OC[C@H](COP(=O)(O)OC[C@@H](O)COP(=O)(O)OC[C@@H](COC(=O)CCCCCCCCCCC(C)C)OC(=O)CCCCCCCCCCCCCCCCCCC(C)C)OC(=O)CCCCCCCCCCCCCCCCCCCCCCCC. The molecule has 0 aliphatic carbocycles. The average Bonchev–Trinajstić information content (AvgIpc) is 0.904. The quantitative estimate of drug-likeness (QED) is 0.0222. The van der Waals surface area contributed by atoms with E-state index in [9.17, 15) is 43.2 Å². The molecular weight excluding hydrogens is 1470 g/mol. The van der Waals surface area contributed by atoms with Crippen molar-refractivity contribution in [3.05, 3.63) is 0 Å². The summed E-state index contributed by atoms with van der Waals surface area (Å²) in [7, 11) is -9.94. The van der Waals surface area contributed by atoms with Crippen LogP contribution in [0.4, 0.5) is 0 Å². The number of aliphatic hydroxyl groups is 1. The van der Waals surface area contributed by atoms with Gasteiger partial charge in [0.1, 0.15) is 19.3 Å². The van der Waals surface area contributed by atoms with Crippen molar-refractivity contribution in [1.82, 2.24) is 0 Å². The van der Waals surface area contributed by atoms with Gasteiger partial charge in [0, 0.05) is 25.7 Å². The number of hydrogen-bond donors (Lipinski definition) is 3. The van der Waals surface area contributed by atoms with Crippen LogP contribution < -0.4 is 0 Å². The molecular formula is C95H186O17P2. The second kappa shape index (κ2) is 86.0. The van der Waals surface area contributed by atoms with Crippen molar-refractivity contribution in [3.8, 4) is 0 Å². The number of phosphoric acid groups is 2. The van der Waals surface area contributed by atoms with Crippen molar-refractivity contribution in [2.45, 2.75) is 535 Å². The van der Waals surface area contributed by atoms with Crippen molar-refractivity contribution in [3.63, 3.8) is 0 Å². The Morgan fingerprint density at radius 3 is 0.596 bits per heavy atom. The van der Waals surface area contributed by atoms with Crippen LogP contribution in [0.15, 0.2) is 0 Å². The topological polar surface area (TPSA) is 237 Å². The average molecular weight is 1660 g/mol. The Balaban J connectivity index is 5.22. The fourth-order valence-electron chi connectivity index (χ4n) is 15.0. The number of unbranched alkanes of at least 4 members (excludes halogenated alkanes) is 64. The molecule has 0 saturated heterocycles. The van der Waals surface area contributed by atoms with Gasteiger partial charge in [0.05, 0.1) is 26.4 Å². The second-order valence-corrected chi connectivity index (χ2v) is 38.0. The lowest BCUT2D eigenvalue weighted by molar-refractivity contribution is -0.161. The number of esters is 4. The molecule has 0 aliphatic heterocycles. The maximum atomic E-state index is 13.2. The van der Waals surface area contributed by atoms with Gasteiger partial charge < -0.3 is 33.8 Å². The van der Waals surface area contributed by atoms with E-state index in [0.717, 1.165) is 102 Å². The van der Waals surface area contributed by atoms with Gasteiger partial charge in [-0.2, -0.15) is 0 Å². The molecule has 0 rings (SSSR count). The standard InChI is InChI=1S/C95H186O17P2/c1-7-9-11-13-15-17-19-21-23-25-27-29-31-33-35-40-44-48-52-59-65-71-77-92(97)105-83-90(111-94(99)79-73-67-61-53-49-45-41-36-34-32-30-28-26-24-22-20-18-16-14-12-10-8-2)85-109-113(101,102)107-81-89(96)82-108-114(103,104)110-86-91(84-106-93(98)78-72-66-60-56-55-58-64-70-76-88(5)6)112-95(100)80-74-68-62-54-50-46-42-38-37-39-43-47-51-57-63-69-75-87(3)4/h87-91,96H,7-86H2,1-6H3,(H,101,102)(H,103,104)/t89-,90-,91-/m1/s1. The third kappa shape index (κ3) is 87.9. The van der Waals surface area contributed by atoms with Crippen LogP contribution in [-0.4, -0.2) is 96.7 Å². The minimum atomic E-state index is -4.97. The highest BCUT2D eigenvalue weighted by Crippen LogP contribution is 2.45. The molecule has 5 atom stereocenters. The van der Waals surface area contributed by atoms with Gasteiger partial charge >= 0.3 is 39.5 Å². The Labute approximate surface area is 702 Å². The molecule has 678 valence electrons. The lowest BCUT2D eigenvalue weighted by Gasteiger charge is -2.21. The fraction of sp³-hybridized carbons (Fsp3) is 0.958. The predicted molar refractivity (Wildman–Crippen MR) is 474 cm³/mol. The summed E-state index contributed by atoms with van der Waals surface area (Å²) in [6.07, 6.45) is 82.3. The van der Waals surface area contributed by atoms with E-state index >= 15 is 0 Å². The van der Waals surface area contributed by atoms with Crippen molar-refractivity contribution in [2.24, 2.45) is 11.8 Å². The van der Waals surface area contributed by atoms with Gasteiger partial charge in [0.2, 0.25) is 0 Å². The Bertz CT molecular complexity index is 2170. The molecule has 0 aromatic heterocycles. The van der Waals surface area contributed by atoms with Crippen LogP contribution in [0, 0.1) is 11.8 Å². The van der Waals surface area contributed by atoms with Gasteiger partial charge in [0.15, 0.2) is 12.2 Å². The molecule has 0 fully saturated rings. The summed E-state index contributed by atoms with van der Waals surface area (Å²) in [5.41, 5.74) is 0. The molecule has 0 amide bonds.